The van der Waals surface area contributed by atoms with E-state index in [2.05, 4.69) is 30.6 Å². The minimum atomic E-state index is 0.300. The third kappa shape index (κ3) is 4.20. The summed E-state index contributed by atoms with van der Waals surface area (Å²) in [4.78, 5) is 17.2. The Labute approximate surface area is 118 Å². The normalized spacial score (nSPS) is 26.9. The summed E-state index contributed by atoms with van der Waals surface area (Å²) in [5.74, 6) is 2.17. The van der Waals surface area contributed by atoms with E-state index in [4.69, 9.17) is 0 Å². The summed E-state index contributed by atoms with van der Waals surface area (Å²) in [5, 5.41) is 0. The van der Waals surface area contributed by atoms with Crippen molar-refractivity contribution < 1.29 is 4.79 Å². The molecule has 0 aromatic carbocycles. The molecule has 2 heterocycles. The van der Waals surface area contributed by atoms with E-state index >= 15 is 0 Å². The van der Waals surface area contributed by atoms with Gasteiger partial charge in [0.15, 0.2) is 0 Å². The fraction of sp³-hybridized carbons (Fsp3) is 0.938. The number of likely N-dealkylation sites (tertiary alicyclic amines) is 2. The van der Waals surface area contributed by atoms with E-state index in [0.717, 1.165) is 44.9 Å². The molecular weight excluding hydrogens is 236 g/mol. The van der Waals surface area contributed by atoms with Crippen molar-refractivity contribution in [1.29, 1.82) is 0 Å². The molecule has 110 valence electrons. The van der Waals surface area contributed by atoms with Gasteiger partial charge in [0, 0.05) is 25.6 Å². The van der Waals surface area contributed by atoms with Crippen LogP contribution in [0.25, 0.3) is 0 Å². The maximum absolute atomic E-state index is 12.5. The van der Waals surface area contributed by atoms with Gasteiger partial charge in [-0.1, -0.05) is 20.8 Å². The van der Waals surface area contributed by atoms with Gasteiger partial charge in [-0.3, -0.25) is 4.79 Å². The smallest absolute Gasteiger partial charge is 0.225 e. The fourth-order valence-corrected chi connectivity index (χ4v) is 3.53. The summed E-state index contributed by atoms with van der Waals surface area (Å²) in [7, 11) is 0. The second-order valence-corrected chi connectivity index (χ2v) is 7.00. The van der Waals surface area contributed by atoms with Crippen LogP contribution < -0.4 is 0 Å². The molecule has 3 heteroatoms. The minimum absolute atomic E-state index is 0.300. The number of hydrogen-bond acceptors (Lipinski definition) is 2. The highest BCUT2D eigenvalue weighted by Gasteiger charge is 2.30. The van der Waals surface area contributed by atoms with Gasteiger partial charge in [0.2, 0.25) is 5.91 Å². The van der Waals surface area contributed by atoms with Crippen LogP contribution in [0.4, 0.5) is 0 Å². The van der Waals surface area contributed by atoms with Gasteiger partial charge in [0.05, 0.1) is 0 Å². The first-order valence-corrected chi connectivity index (χ1v) is 8.07. The lowest BCUT2D eigenvalue weighted by Gasteiger charge is -2.37. The highest BCUT2D eigenvalue weighted by atomic mass is 16.2. The van der Waals surface area contributed by atoms with Gasteiger partial charge in [0.25, 0.3) is 0 Å². The fourth-order valence-electron chi connectivity index (χ4n) is 3.53. The van der Waals surface area contributed by atoms with Crippen molar-refractivity contribution in [3.8, 4) is 0 Å². The SMILES string of the molecule is CC(C)CN1CCC(C(=O)N2CCC[C@@H](C)C2)CC1. The molecule has 0 radical (unpaired) electrons. The zero-order chi connectivity index (χ0) is 13.8. The number of nitrogens with zero attached hydrogens (tertiary/aromatic N) is 2. The number of piperidine rings is 2. The maximum Gasteiger partial charge on any atom is 0.225 e. The maximum atomic E-state index is 12.5. The average molecular weight is 266 g/mol. The molecule has 2 saturated heterocycles. The van der Waals surface area contributed by atoms with Gasteiger partial charge in [0.1, 0.15) is 0 Å². The van der Waals surface area contributed by atoms with E-state index in [1.54, 1.807) is 0 Å². The van der Waals surface area contributed by atoms with E-state index in [1.165, 1.54) is 19.4 Å². The van der Waals surface area contributed by atoms with Crippen molar-refractivity contribution in [2.45, 2.75) is 46.5 Å². The average Bonchev–Trinajstić information content (AvgIpc) is 2.38. The number of carbonyl (C=O) groups excluding carboxylic acids is 1. The predicted octanol–water partition coefficient (Wildman–Crippen LogP) is 2.61. The first-order valence-electron chi connectivity index (χ1n) is 8.07. The molecule has 0 aromatic rings. The van der Waals surface area contributed by atoms with Crippen LogP contribution in [0.3, 0.4) is 0 Å². The molecule has 3 nitrogen and oxygen atoms in total. The first-order chi connectivity index (χ1) is 9.06. The van der Waals surface area contributed by atoms with Crippen molar-refractivity contribution in [3.63, 3.8) is 0 Å². The van der Waals surface area contributed by atoms with Crippen LogP contribution in [-0.2, 0) is 4.79 Å². The van der Waals surface area contributed by atoms with Crippen molar-refractivity contribution in [1.82, 2.24) is 9.80 Å². The Kier molecular flexibility index (Phi) is 5.26. The van der Waals surface area contributed by atoms with Gasteiger partial charge in [-0.25, -0.2) is 0 Å². The lowest BCUT2D eigenvalue weighted by atomic mass is 9.92. The Hall–Kier alpha value is -0.570. The van der Waals surface area contributed by atoms with Gasteiger partial charge in [-0.15, -0.1) is 0 Å². The molecule has 2 aliphatic rings. The van der Waals surface area contributed by atoms with Crippen LogP contribution in [0.2, 0.25) is 0 Å². The summed E-state index contributed by atoms with van der Waals surface area (Å²) in [6.45, 7) is 12.2. The Bertz CT molecular complexity index is 295. The highest BCUT2D eigenvalue weighted by Crippen LogP contribution is 2.23. The third-order valence-corrected chi connectivity index (χ3v) is 4.53. The molecule has 2 rings (SSSR count). The monoisotopic (exact) mass is 266 g/mol. The zero-order valence-corrected chi connectivity index (χ0v) is 12.9. The van der Waals surface area contributed by atoms with E-state index < -0.39 is 0 Å². The Morgan fingerprint density at radius 3 is 2.42 bits per heavy atom. The van der Waals surface area contributed by atoms with Gasteiger partial charge < -0.3 is 9.80 Å². The van der Waals surface area contributed by atoms with Gasteiger partial charge in [-0.2, -0.15) is 0 Å². The van der Waals surface area contributed by atoms with Crippen LogP contribution in [0.15, 0.2) is 0 Å². The molecule has 0 N–H and O–H groups in total. The van der Waals surface area contributed by atoms with Crippen molar-refractivity contribution in [2.75, 3.05) is 32.7 Å². The van der Waals surface area contributed by atoms with E-state index in [0.29, 0.717) is 17.7 Å². The van der Waals surface area contributed by atoms with E-state index in [1.807, 2.05) is 0 Å². The lowest BCUT2D eigenvalue weighted by molar-refractivity contribution is -0.138. The molecule has 0 spiro atoms. The van der Waals surface area contributed by atoms with Gasteiger partial charge >= 0.3 is 0 Å². The molecule has 0 bridgehead atoms. The molecular formula is C16H30N2O. The summed E-state index contributed by atoms with van der Waals surface area (Å²) in [6, 6.07) is 0. The summed E-state index contributed by atoms with van der Waals surface area (Å²) in [6.07, 6.45) is 4.61. The predicted molar refractivity (Wildman–Crippen MR) is 79.0 cm³/mol. The second kappa shape index (κ2) is 6.74. The number of rotatable bonds is 3. The molecule has 0 saturated carbocycles. The molecule has 1 amide bonds. The standard InChI is InChI=1S/C16H30N2O/c1-13(2)11-17-9-6-15(7-10-17)16(19)18-8-4-5-14(3)12-18/h13-15H,4-12H2,1-3H3/t14-/m1/s1. The van der Waals surface area contributed by atoms with Crippen LogP contribution >= 0.6 is 0 Å². The largest absolute Gasteiger partial charge is 0.342 e. The zero-order valence-electron chi connectivity index (χ0n) is 12.9. The lowest BCUT2D eigenvalue weighted by Crippen LogP contribution is -2.46. The number of amides is 1. The topological polar surface area (TPSA) is 23.6 Å². The third-order valence-electron chi connectivity index (χ3n) is 4.53. The minimum Gasteiger partial charge on any atom is -0.342 e. The second-order valence-electron chi connectivity index (χ2n) is 7.00. The quantitative estimate of drug-likeness (QED) is 0.784. The van der Waals surface area contributed by atoms with Crippen molar-refractivity contribution >= 4 is 5.91 Å². The number of carbonyl (C=O) groups is 1. The summed E-state index contributed by atoms with van der Waals surface area (Å²) < 4.78 is 0. The molecule has 1 atom stereocenters. The molecule has 0 unspecified atom stereocenters. The summed E-state index contributed by atoms with van der Waals surface area (Å²) in [5.41, 5.74) is 0. The van der Waals surface area contributed by atoms with E-state index in [9.17, 15) is 4.79 Å². The van der Waals surface area contributed by atoms with Crippen LogP contribution in [-0.4, -0.2) is 48.4 Å². The Balaban J connectivity index is 1.78. The molecule has 2 fully saturated rings. The molecule has 19 heavy (non-hydrogen) atoms. The molecule has 2 aliphatic heterocycles. The van der Waals surface area contributed by atoms with Crippen molar-refractivity contribution in [3.05, 3.63) is 0 Å². The van der Waals surface area contributed by atoms with Gasteiger partial charge in [-0.05, 0) is 50.6 Å². The Morgan fingerprint density at radius 2 is 1.84 bits per heavy atom. The first kappa shape index (κ1) is 14.8. The van der Waals surface area contributed by atoms with Crippen LogP contribution in [0.1, 0.15) is 46.5 Å². The van der Waals surface area contributed by atoms with Crippen LogP contribution in [0, 0.1) is 17.8 Å². The molecule has 0 aromatic heterocycles. The highest BCUT2D eigenvalue weighted by molar-refractivity contribution is 5.79. The van der Waals surface area contributed by atoms with Crippen LogP contribution in [0.5, 0.6) is 0 Å². The Morgan fingerprint density at radius 1 is 1.16 bits per heavy atom. The molecule has 0 aliphatic carbocycles. The van der Waals surface area contributed by atoms with E-state index in [-0.39, 0.29) is 0 Å². The summed E-state index contributed by atoms with van der Waals surface area (Å²) >= 11 is 0. The van der Waals surface area contributed by atoms with Crippen molar-refractivity contribution in [2.24, 2.45) is 17.8 Å². The number of hydrogen-bond donors (Lipinski definition) is 0.